The van der Waals surface area contributed by atoms with Crippen LogP contribution in [0.4, 0.5) is 5.69 Å². The van der Waals surface area contributed by atoms with Crippen LogP contribution in [-0.4, -0.2) is 14.8 Å². The lowest BCUT2D eigenvalue weighted by molar-refractivity contribution is 0.869. The van der Waals surface area contributed by atoms with Crippen LogP contribution in [0.2, 0.25) is 0 Å². The molecule has 0 spiro atoms. The number of aromatic nitrogens is 3. The molecular formula is C21H17N5S. The van der Waals surface area contributed by atoms with E-state index in [-0.39, 0.29) is 0 Å². The monoisotopic (exact) mass is 371 g/mol. The van der Waals surface area contributed by atoms with Crippen molar-refractivity contribution in [1.82, 2.24) is 14.8 Å². The topological polar surface area (TPSA) is 66.5 Å². The molecule has 0 fully saturated rings. The molecular weight excluding hydrogens is 354 g/mol. The van der Waals surface area contributed by atoms with Crippen LogP contribution in [0.3, 0.4) is 0 Å². The van der Waals surface area contributed by atoms with Crippen LogP contribution in [0, 0.1) is 18.3 Å². The molecule has 132 valence electrons. The Hall–Kier alpha value is -3.43. The Morgan fingerprint density at radius 1 is 1.19 bits per heavy atom. The van der Waals surface area contributed by atoms with Gasteiger partial charge in [-0.1, -0.05) is 0 Å². The van der Waals surface area contributed by atoms with E-state index in [9.17, 15) is 5.26 Å². The third-order valence-electron chi connectivity index (χ3n) is 4.31. The molecule has 0 amide bonds. The highest BCUT2D eigenvalue weighted by Crippen LogP contribution is 2.22. The molecule has 1 aromatic carbocycles. The first-order valence-corrected chi connectivity index (χ1v) is 9.40. The molecule has 0 bridgehead atoms. The molecule has 0 aliphatic carbocycles. The van der Waals surface area contributed by atoms with Crippen molar-refractivity contribution in [2.75, 3.05) is 5.32 Å². The lowest BCUT2D eigenvalue weighted by Crippen LogP contribution is -2.01. The minimum atomic E-state index is 0.490. The number of nitrogens with one attached hydrogen (secondary N) is 1. The number of benzene rings is 1. The van der Waals surface area contributed by atoms with Crippen molar-refractivity contribution in [2.45, 2.75) is 13.5 Å². The molecule has 5 nitrogen and oxygen atoms in total. The SMILES string of the molecule is Cc1ccsc1CNc1ccc(-n2nc(-c3cccnc3)cc2C#N)cc1. The average molecular weight is 371 g/mol. The van der Waals surface area contributed by atoms with E-state index in [4.69, 9.17) is 0 Å². The average Bonchev–Trinajstić information content (AvgIpc) is 3.33. The van der Waals surface area contributed by atoms with Gasteiger partial charge in [0.15, 0.2) is 0 Å². The Bertz CT molecular complexity index is 1090. The van der Waals surface area contributed by atoms with Crippen LogP contribution in [0.25, 0.3) is 16.9 Å². The molecule has 0 saturated carbocycles. The van der Waals surface area contributed by atoms with Gasteiger partial charge >= 0.3 is 0 Å². The summed E-state index contributed by atoms with van der Waals surface area (Å²) in [6.07, 6.45) is 3.46. The number of hydrogen-bond acceptors (Lipinski definition) is 5. The van der Waals surface area contributed by atoms with Gasteiger partial charge in [0.1, 0.15) is 11.8 Å². The minimum Gasteiger partial charge on any atom is -0.380 e. The van der Waals surface area contributed by atoms with E-state index in [1.54, 1.807) is 34.5 Å². The van der Waals surface area contributed by atoms with Gasteiger partial charge < -0.3 is 5.32 Å². The van der Waals surface area contributed by atoms with Gasteiger partial charge in [-0.25, -0.2) is 4.68 Å². The summed E-state index contributed by atoms with van der Waals surface area (Å²) in [6, 6.07) is 17.8. The highest BCUT2D eigenvalue weighted by molar-refractivity contribution is 7.10. The predicted octanol–water partition coefficient (Wildman–Crippen LogP) is 4.79. The molecule has 1 N–H and O–H groups in total. The lowest BCUT2D eigenvalue weighted by Gasteiger charge is -2.08. The van der Waals surface area contributed by atoms with Crippen LogP contribution in [0.5, 0.6) is 0 Å². The van der Waals surface area contributed by atoms with E-state index in [1.165, 1.54) is 10.4 Å². The van der Waals surface area contributed by atoms with Crippen LogP contribution < -0.4 is 5.32 Å². The highest BCUT2D eigenvalue weighted by atomic mass is 32.1. The summed E-state index contributed by atoms with van der Waals surface area (Å²) in [4.78, 5) is 5.45. The Morgan fingerprint density at radius 2 is 2.04 bits per heavy atom. The second kappa shape index (κ2) is 7.44. The Balaban J connectivity index is 1.56. The summed E-state index contributed by atoms with van der Waals surface area (Å²) in [6.45, 7) is 2.93. The van der Waals surface area contributed by atoms with Crippen LogP contribution in [0.1, 0.15) is 16.1 Å². The smallest absolute Gasteiger partial charge is 0.144 e. The van der Waals surface area contributed by atoms with Gasteiger partial charge in [0.2, 0.25) is 0 Å². The van der Waals surface area contributed by atoms with Crippen molar-refractivity contribution in [1.29, 1.82) is 5.26 Å². The molecule has 3 aromatic heterocycles. The van der Waals surface area contributed by atoms with E-state index < -0.39 is 0 Å². The van der Waals surface area contributed by atoms with Crippen LogP contribution in [-0.2, 0) is 6.54 Å². The molecule has 0 aliphatic rings. The molecule has 0 saturated heterocycles. The number of pyridine rings is 1. The molecule has 0 aliphatic heterocycles. The van der Waals surface area contributed by atoms with Gasteiger partial charge in [-0.05, 0) is 60.3 Å². The predicted molar refractivity (Wildman–Crippen MR) is 108 cm³/mol. The number of rotatable bonds is 5. The van der Waals surface area contributed by atoms with Crippen LogP contribution >= 0.6 is 11.3 Å². The van der Waals surface area contributed by atoms with E-state index in [1.807, 2.05) is 36.4 Å². The summed E-state index contributed by atoms with van der Waals surface area (Å²) in [5, 5.41) is 19.6. The van der Waals surface area contributed by atoms with Crippen molar-refractivity contribution in [3.05, 3.63) is 82.4 Å². The summed E-state index contributed by atoms with van der Waals surface area (Å²) in [5.41, 5.74) is 5.29. The van der Waals surface area contributed by atoms with Crippen LogP contribution in [0.15, 0.2) is 66.3 Å². The van der Waals surface area contributed by atoms with E-state index in [0.717, 1.165) is 29.2 Å². The Labute approximate surface area is 161 Å². The minimum absolute atomic E-state index is 0.490. The van der Waals surface area contributed by atoms with Crippen molar-refractivity contribution in [3.63, 3.8) is 0 Å². The Kier molecular flexibility index (Phi) is 4.69. The maximum Gasteiger partial charge on any atom is 0.144 e. The summed E-state index contributed by atoms with van der Waals surface area (Å²) in [5.74, 6) is 0. The number of nitrogens with zero attached hydrogens (tertiary/aromatic N) is 4. The zero-order chi connectivity index (χ0) is 18.6. The van der Waals surface area contributed by atoms with E-state index in [0.29, 0.717) is 5.69 Å². The normalized spacial score (nSPS) is 10.5. The fourth-order valence-electron chi connectivity index (χ4n) is 2.80. The van der Waals surface area contributed by atoms with E-state index >= 15 is 0 Å². The third-order valence-corrected chi connectivity index (χ3v) is 5.34. The van der Waals surface area contributed by atoms with E-state index in [2.05, 4.69) is 39.8 Å². The fraction of sp³-hybridized carbons (Fsp3) is 0.0952. The fourth-order valence-corrected chi connectivity index (χ4v) is 3.65. The Morgan fingerprint density at radius 3 is 2.70 bits per heavy atom. The number of aryl methyl sites for hydroxylation is 1. The van der Waals surface area contributed by atoms with Gasteiger partial charge in [-0.3, -0.25) is 4.98 Å². The first-order chi connectivity index (χ1) is 13.2. The van der Waals surface area contributed by atoms with Crippen molar-refractivity contribution >= 4 is 17.0 Å². The molecule has 27 heavy (non-hydrogen) atoms. The largest absolute Gasteiger partial charge is 0.380 e. The summed E-state index contributed by atoms with van der Waals surface area (Å²) < 4.78 is 1.66. The zero-order valence-electron chi connectivity index (χ0n) is 14.8. The lowest BCUT2D eigenvalue weighted by atomic mass is 10.2. The number of hydrogen-bond donors (Lipinski definition) is 1. The van der Waals surface area contributed by atoms with Gasteiger partial charge in [-0.2, -0.15) is 10.4 Å². The molecule has 0 atom stereocenters. The summed E-state index contributed by atoms with van der Waals surface area (Å²) >= 11 is 1.76. The van der Waals surface area contributed by atoms with Crippen molar-refractivity contribution in [2.24, 2.45) is 0 Å². The second-order valence-electron chi connectivity index (χ2n) is 6.11. The maximum absolute atomic E-state index is 9.47. The number of anilines is 1. The first-order valence-electron chi connectivity index (χ1n) is 8.52. The molecule has 0 radical (unpaired) electrons. The quantitative estimate of drug-likeness (QED) is 0.548. The zero-order valence-corrected chi connectivity index (χ0v) is 15.6. The molecule has 6 heteroatoms. The maximum atomic E-state index is 9.47. The van der Waals surface area contributed by atoms with Gasteiger partial charge in [0, 0.05) is 41.1 Å². The van der Waals surface area contributed by atoms with Gasteiger partial charge in [0.25, 0.3) is 0 Å². The van der Waals surface area contributed by atoms with Crippen molar-refractivity contribution in [3.8, 4) is 23.0 Å². The molecule has 0 unspecified atom stereocenters. The third kappa shape index (κ3) is 3.59. The van der Waals surface area contributed by atoms with Gasteiger partial charge in [-0.15, -0.1) is 11.3 Å². The molecule has 4 aromatic rings. The summed E-state index contributed by atoms with van der Waals surface area (Å²) in [7, 11) is 0. The molecule has 4 rings (SSSR count). The van der Waals surface area contributed by atoms with Crippen molar-refractivity contribution < 1.29 is 0 Å². The number of thiophene rings is 1. The second-order valence-corrected chi connectivity index (χ2v) is 7.11. The highest BCUT2D eigenvalue weighted by Gasteiger charge is 2.11. The molecule has 3 heterocycles. The standard InChI is InChI=1S/C21H17N5S/c1-15-8-10-27-21(15)14-24-17-4-6-18(7-5-17)26-19(12-22)11-20(25-26)16-3-2-9-23-13-16/h2-11,13,24H,14H2,1H3. The van der Waals surface area contributed by atoms with Gasteiger partial charge in [0.05, 0.1) is 11.4 Å². The number of nitriles is 1. The first kappa shape index (κ1) is 17.0.